The van der Waals surface area contributed by atoms with Gasteiger partial charge in [-0.3, -0.25) is 0 Å². The third-order valence-corrected chi connectivity index (χ3v) is 8.87. The van der Waals surface area contributed by atoms with Crippen molar-refractivity contribution in [3.8, 4) is 11.5 Å². The van der Waals surface area contributed by atoms with Gasteiger partial charge in [-0.2, -0.15) is 0 Å². The van der Waals surface area contributed by atoms with Crippen molar-refractivity contribution in [2.24, 2.45) is 0 Å². The molecule has 0 saturated heterocycles. The van der Waals surface area contributed by atoms with Crippen LogP contribution in [0.4, 0.5) is 17.1 Å². The Kier molecular flexibility index (Phi) is 5.22. The van der Waals surface area contributed by atoms with Crippen LogP contribution >= 0.6 is 0 Å². The molecule has 0 unspecified atom stereocenters. The minimum atomic E-state index is 0.581. The molecule has 0 aliphatic carbocycles. The molecular weight excluding hydrogens is 568 g/mol. The summed E-state index contributed by atoms with van der Waals surface area (Å²) < 4.78 is 18.9. The van der Waals surface area contributed by atoms with Crippen LogP contribution in [-0.4, -0.2) is 4.98 Å². The van der Waals surface area contributed by atoms with Crippen LogP contribution < -0.4 is 4.90 Å². The van der Waals surface area contributed by atoms with E-state index in [1.165, 1.54) is 10.8 Å². The van der Waals surface area contributed by atoms with E-state index in [-0.39, 0.29) is 0 Å². The molecule has 0 fully saturated rings. The number of hydrogen-bond acceptors (Lipinski definition) is 5. The summed E-state index contributed by atoms with van der Waals surface area (Å²) in [6.45, 7) is 0. The maximum Gasteiger partial charge on any atom is 0.228 e. The highest BCUT2D eigenvalue weighted by Gasteiger charge is 2.20. The molecule has 0 aliphatic rings. The van der Waals surface area contributed by atoms with E-state index in [9.17, 15) is 0 Å². The van der Waals surface area contributed by atoms with Crippen molar-refractivity contribution in [2.45, 2.75) is 0 Å². The molecule has 3 heterocycles. The Labute approximate surface area is 262 Å². The van der Waals surface area contributed by atoms with Gasteiger partial charge in [-0.25, -0.2) is 4.98 Å². The van der Waals surface area contributed by atoms with Crippen molar-refractivity contribution < 1.29 is 13.3 Å². The van der Waals surface area contributed by atoms with Crippen molar-refractivity contribution in [3.63, 3.8) is 0 Å². The number of oxazole rings is 1. The first-order chi connectivity index (χ1) is 22.8. The van der Waals surface area contributed by atoms with Crippen LogP contribution in [0.25, 0.3) is 77.2 Å². The topological polar surface area (TPSA) is 55.6 Å². The Morgan fingerprint density at radius 2 is 1.11 bits per heavy atom. The molecule has 0 spiro atoms. The van der Waals surface area contributed by atoms with Gasteiger partial charge in [0.2, 0.25) is 5.89 Å². The fourth-order valence-corrected chi connectivity index (χ4v) is 6.74. The first kappa shape index (κ1) is 25.0. The fourth-order valence-electron chi connectivity index (χ4n) is 6.74. The summed E-state index contributed by atoms with van der Waals surface area (Å²) in [7, 11) is 0. The number of rotatable bonds is 4. The monoisotopic (exact) mass is 592 g/mol. The molecule has 0 N–H and O–H groups in total. The third-order valence-electron chi connectivity index (χ3n) is 8.87. The molecule has 0 bridgehead atoms. The SMILES string of the molecule is c1ccc2cc(N(c3ccc4c(c3)oc3cccc(-c5nc6ccccc6o5)c34)c3ccc4oc5ccccc5c4c3)ccc2c1. The van der Waals surface area contributed by atoms with E-state index in [1.54, 1.807) is 0 Å². The van der Waals surface area contributed by atoms with Crippen LogP contribution in [0.5, 0.6) is 0 Å². The third kappa shape index (κ3) is 3.79. The van der Waals surface area contributed by atoms with Gasteiger partial charge in [0, 0.05) is 50.2 Å². The lowest BCUT2D eigenvalue weighted by molar-refractivity contribution is 0.620. The number of hydrogen-bond donors (Lipinski definition) is 0. The second-order valence-corrected chi connectivity index (χ2v) is 11.6. The van der Waals surface area contributed by atoms with E-state index < -0.39 is 0 Å². The molecule has 10 aromatic rings. The Morgan fingerprint density at radius 1 is 0.413 bits per heavy atom. The standard InChI is InChI=1S/C41H24N2O3/c1-2-9-26-22-27(17-16-25(26)8-1)43(28-19-21-36-33(23-28)30-10-3-5-13-35(30)44-36)29-18-20-31-39(24-29)45-38-15-7-11-32(40(31)38)41-42-34-12-4-6-14-37(34)46-41/h1-24H. The zero-order chi connectivity index (χ0) is 30.2. The minimum absolute atomic E-state index is 0.581. The summed E-state index contributed by atoms with van der Waals surface area (Å²) in [5.74, 6) is 0.581. The van der Waals surface area contributed by atoms with Crippen molar-refractivity contribution in [1.82, 2.24) is 4.98 Å². The van der Waals surface area contributed by atoms with Crippen LogP contribution in [0.2, 0.25) is 0 Å². The minimum Gasteiger partial charge on any atom is -0.456 e. The molecule has 0 radical (unpaired) electrons. The van der Waals surface area contributed by atoms with Crippen molar-refractivity contribution in [2.75, 3.05) is 4.90 Å². The first-order valence-corrected chi connectivity index (χ1v) is 15.3. The number of benzene rings is 7. The molecular formula is C41H24N2O3. The molecule has 10 rings (SSSR count). The number of fused-ring (bicyclic) bond motifs is 8. The molecule has 5 heteroatoms. The molecule has 0 aliphatic heterocycles. The fraction of sp³-hybridized carbons (Fsp3) is 0. The molecule has 5 nitrogen and oxygen atoms in total. The van der Waals surface area contributed by atoms with E-state index in [1.807, 2.05) is 54.6 Å². The van der Waals surface area contributed by atoms with E-state index in [0.29, 0.717) is 5.89 Å². The second-order valence-electron chi connectivity index (χ2n) is 11.6. The molecule has 46 heavy (non-hydrogen) atoms. The largest absolute Gasteiger partial charge is 0.456 e. The Morgan fingerprint density at radius 3 is 2.04 bits per heavy atom. The van der Waals surface area contributed by atoms with Gasteiger partial charge in [0.1, 0.15) is 27.8 Å². The highest BCUT2D eigenvalue weighted by molar-refractivity contribution is 6.13. The maximum atomic E-state index is 6.53. The van der Waals surface area contributed by atoms with Gasteiger partial charge >= 0.3 is 0 Å². The van der Waals surface area contributed by atoms with Gasteiger partial charge in [0.25, 0.3) is 0 Å². The molecule has 216 valence electrons. The van der Waals surface area contributed by atoms with Gasteiger partial charge in [-0.05, 0) is 83.6 Å². The van der Waals surface area contributed by atoms with Crippen molar-refractivity contribution >= 4 is 82.8 Å². The van der Waals surface area contributed by atoms with Gasteiger partial charge in [-0.15, -0.1) is 0 Å². The lowest BCUT2D eigenvalue weighted by Gasteiger charge is -2.26. The van der Waals surface area contributed by atoms with Gasteiger partial charge < -0.3 is 18.2 Å². The predicted molar refractivity (Wildman–Crippen MR) is 186 cm³/mol. The molecule has 3 aromatic heterocycles. The Balaban J connectivity index is 1.18. The Bertz CT molecular complexity index is 2750. The highest BCUT2D eigenvalue weighted by Crippen LogP contribution is 2.43. The highest BCUT2D eigenvalue weighted by atomic mass is 16.4. The van der Waals surface area contributed by atoms with Crippen molar-refractivity contribution in [3.05, 3.63) is 146 Å². The zero-order valence-corrected chi connectivity index (χ0v) is 24.5. The number of furan rings is 2. The summed E-state index contributed by atoms with van der Waals surface area (Å²) >= 11 is 0. The quantitative estimate of drug-likeness (QED) is 0.203. The summed E-state index contributed by atoms with van der Waals surface area (Å²) in [6.07, 6.45) is 0. The van der Waals surface area contributed by atoms with Crippen LogP contribution in [0, 0.1) is 0 Å². The van der Waals surface area contributed by atoms with Gasteiger partial charge in [0.05, 0.1) is 0 Å². The summed E-state index contributed by atoms with van der Waals surface area (Å²) in [5, 5.41) is 6.53. The average molecular weight is 593 g/mol. The zero-order valence-electron chi connectivity index (χ0n) is 24.5. The van der Waals surface area contributed by atoms with Crippen LogP contribution in [0.1, 0.15) is 0 Å². The molecule has 0 atom stereocenters. The summed E-state index contributed by atoms with van der Waals surface area (Å²) in [4.78, 5) is 7.07. The smallest absolute Gasteiger partial charge is 0.228 e. The van der Waals surface area contributed by atoms with Crippen LogP contribution in [-0.2, 0) is 0 Å². The predicted octanol–water partition coefficient (Wildman–Crippen LogP) is 11.9. The average Bonchev–Trinajstić information content (AvgIpc) is 3.81. The Hall–Kier alpha value is -6.33. The number of nitrogens with zero attached hydrogens (tertiary/aromatic N) is 2. The normalized spacial score (nSPS) is 11.9. The number of anilines is 3. The molecule has 7 aromatic carbocycles. The lowest BCUT2D eigenvalue weighted by atomic mass is 10.0. The van der Waals surface area contributed by atoms with Crippen molar-refractivity contribution in [1.29, 1.82) is 0 Å². The van der Waals surface area contributed by atoms with Crippen LogP contribution in [0.3, 0.4) is 0 Å². The van der Waals surface area contributed by atoms with E-state index in [0.717, 1.165) is 77.6 Å². The lowest BCUT2D eigenvalue weighted by Crippen LogP contribution is -2.09. The van der Waals surface area contributed by atoms with E-state index >= 15 is 0 Å². The molecule has 0 saturated carbocycles. The first-order valence-electron chi connectivity index (χ1n) is 15.3. The van der Waals surface area contributed by atoms with Gasteiger partial charge in [0.15, 0.2) is 5.58 Å². The van der Waals surface area contributed by atoms with E-state index in [4.69, 9.17) is 18.2 Å². The number of para-hydroxylation sites is 3. The summed E-state index contributed by atoms with van der Waals surface area (Å²) in [6, 6.07) is 49.9. The summed E-state index contributed by atoms with van der Waals surface area (Å²) in [5.41, 5.74) is 8.88. The second kappa shape index (κ2) is 9.58. The van der Waals surface area contributed by atoms with Gasteiger partial charge in [-0.1, -0.05) is 66.7 Å². The maximum absolute atomic E-state index is 6.53. The molecule has 0 amide bonds. The van der Waals surface area contributed by atoms with Crippen LogP contribution in [0.15, 0.2) is 159 Å². The van der Waals surface area contributed by atoms with E-state index in [2.05, 4.69) is 95.9 Å². The number of aromatic nitrogens is 1.